The number of carbonyl (C=O) groups excluding carboxylic acids is 1. The highest BCUT2D eigenvalue weighted by atomic mass is 16.5. The van der Waals surface area contributed by atoms with Crippen LogP contribution in [0.3, 0.4) is 0 Å². The molecule has 8 heteroatoms. The van der Waals surface area contributed by atoms with Gasteiger partial charge in [0.1, 0.15) is 0 Å². The average Bonchev–Trinajstić information content (AvgIpc) is 3.28. The maximum atomic E-state index is 12.4. The van der Waals surface area contributed by atoms with E-state index in [4.69, 9.17) is 18.3 Å². The number of furan rings is 1. The van der Waals surface area contributed by atoms with Gasteiger partial charge in [-0.05, 0) is 36.4 Å². The summed E-state index contributed by atoms with van der Waals surface area (Å²) in [5.74, 6) is 0.872. The van der Waals surface area contributed by atoms with Crippen LogP contribution in [0.5, 0.6) is 11.5 Å². The summed E-state index contributed by atoms with van der Waals surface area (Å²) >= 11 is 0. The van der Waals surface area contributed by atoms with Crippen LogP contribution in [0.25, 0.3) is 22.4 Å². The van der Waals surface area contributed by atoms with E-state index in [2.05, 4.69) is 10.3 Å². The Balaban J connectivity index is 1.65. The number of benzene rings is 2. The number of aromatic nitrogens is 1. The molecule has 1 amide bonds. The molecule has 0 fully saturated rings. The number of nitrogens with one attached hydrogen (secondary N) is 1. The van der Waals surface area contributed by atoms with Crippen molar-refractivity contribution < 1.29 is 23.1 Å². The van der Waals surface area contributed by atoms with E-state index < -0.39 is 5.63 Å². The number of anilines is 1. The Hall–Kier alpha value is -4.07. The van der Waals surface area contributed by atoms with Crippen LogP contribution >= 0.6 is 0 Å². The molecular weight excluding hydrogens is 376 g/mol. The van der Waals surface area contributed by atoms with E-state index in [1.807, 2.05) is 0 Å². The van der Waals surface area contributed by atoms with E-state index in [0.29, 0.717) is 28.3 Å². The highest BCUT2D eigenvalue weighted by Gasteiger charge is 2.14. The zero-order chi connectivity index (χ0) is 20.4. The Morgan fingerprint density at radius 2 is 1.76 bits per heavy atom. The van der Waals surface area contributed by atoms with Crippen molar-refractivity contribution in [2.45, 2.75) is 0 Å². The molecule has 4 rings (SSSR count). The molecule has 0 aliphatic heterocycles. The Bertz CT molecular complexity index is 1230. The normalized spacial score (nSPS) is 10.7. The van der Waals surface area contributed by atoms with Crippen LogP contribution in [0.1, 0.15) is 10.6 Å². The number of hydrogen-bond acceptors (Lipinski definition) is 7. The third kappa shape index (κ3) is 3.55. The molecule has 2 aromatic heterocycles. The monoisotopic (exact) mass is 392 g/mol. The number of nitrogens with zero attached hydrogens (tertiary/aromatic N) is 1. The zero-order valence-corrected chi connectivity index (χ0v) is 15.6. The molecule has 0 aliphatic rings. The van der Waals surface area contributed by atoms with E-state index in [1.165, 1.54) is 26.5 Å². The topological polar surface area (TPSA) is 104 Å². The van der Waals surface area contributed by atoms with Crippen molar-refractivity contribution in [3.8, 4) is 23.0 Å². The summed E-state index contributed by atoms with van der Waals surface area (Å²) in [4.78, 5) is 28.9. The number of hydrogen-bond donors (Lipinski definition) is 1. The first-order chi connectivity index (χ1) is 14.1. The quantitative estimate of drug-likeness (QED) is 0.552. The molecule has 0 radical (unpaired) electrons. The van der Waals surface area contributed by atoms with E-state index in [9.17, 15) is 9.59 Å². The van der Waals surface area contributed by atoms with Gasteiger partial charge in [-0.15, -0.1) is 0 Å². The zero-order valence-electron chi connectivity index (χ0n) is 15.6. The third-order valence-electron chi connectivity index (χ3n) is 4.27. The van der Waals surface area contributed by atoms with Gasteiger partial charge in [-0.1, -0.05) is 0 Å². The van der Waals surface area contributed by atoms with E-state index >= 15 is 0 Å². The maximum absolute atomic E-state index is 12.4. The lowest BCUT2D eigenvalue weighted by Gasteiger charge is -2.09. The van der Waals surface area contributed by atoms with Crippen molar-refractivity contribution in [3.05, 3.63) is 71.0 Å². The summed E-state index contributed by atoms with van der Waals surface area (Å²) < 4.78 is 20.9. The van der Waals surface area contributed by atoms with Crippen LogP contribution in [-0.2, 0) is 0 Å². The number of amides is 1. The number of ether oxygens (including phenoxy) is 2. The minimum atomic E-state index is -0.541. The second-order valence-electron chi connectivity index (χ2n) is 6.04. The molecule has 0 atom stereocenters. The van der Waals surface area contributed by atoms with Gasteiger partial charge in [0.15, 0.2) is 17.3 Å². The van der Waals surface area contributed by atoms with Gasteiger partial charge < -0.3 is 23.6 Å². The first-order valence-corrected chi connectivity index (χ1v) is 8.61. The minimum absolute atomic E-state index is 0.152. The summed E-state index contributed by atoms with van der Waals surface area (Å²) in [6.07, 6.45) is 1.43. The second-order valence-corrected chi connectivity index (χ2v) is 6.04. The SMILES string of the molecule is COc1cc2nc(-c3ccc(NC(=O)c4ccco4)cc3)oc(=O)c2cc1OC. The van der Waals surface area contributed by atoms with Crippen molar-refractivity contribution in [1.82, 2.24) is 4.98 Å². The summed E-state index contributed by atoms with van der Waals surface area (Å²) in [5.41, 5.74) is 1.02. The van der Waals surface area contributed by atoms with Crippen LogP contribution in [0.2, 0.25) is 0 Å². The van der Waals surface area contributed by atoms with Gasteiger partial charge in [0, 0.05) is 23.4 Å². The van der Waals surface area contributed by atoms with Gasteiger partial charge in [0.05, 0.1) is 31.4 Å². The Morgan fingerprint density at radius 3 is 2.41 bits per heavy atom. The number of carbonyl (C=O) groups is 1. The average molecular weight is 392 g/mol. The number of fused-ring (bicyclic) bond motifs is 1. The van der Waals surface area contributed by atoms with Gasteiger partial charge in [-0.2, -0.15) is 0 Å². The van der Waals surface area contributed by atoms with E-state index in [0.717, 1.165) is 0 Å². The van der Waals surface area contributed by atoms with Crippen LogP contribution in [-0.4, -0.2) is 25.1 Å². The van der Waals surface area contributed by atoms with E-state index in [-0.39, 0.29) is 22.9 Å². The molecule has 8 nitrogen and oxygen atoms in total. The van der Waals surface area contributed by atoms with Gasteiger partial charge >= 0.3 is 5.63 Å². The molecular formula is C21H16N2O6. The highest BCUT2D eigenvalue weighted by molar-refractivity contribution is 6.02. The molecule has 1 N–H and O–H groups in total. The van der Waals surface area contributed by atoms with E-state index in [1.54, 1.807) is 42.5 Å². The molecule has 0 saturated carbocycles. The fourth-order valence-corrected chi connectivity index (χ4v) is 2.82. The first kappa shape index (κ1) is 18.3. The first-order valence-electron chi connectivity index (χ1n) is 8.61. The van der Waals surface area contributed by atoms with Crippen LogP contribution in [0.4, 0.5) is 5.69 Å². The van der Waals surface area contributed by atoms with Crippen molar-refractivity contribution in [1.29, 1.82) is 0 Å². The fourth-order valence-electron chi connectivity index (χ4n) is 2.82. The van der Waals surface area contributed by atoms with Gasteiger partial charge in [-0.3, -0.25) is 4.79 Å². The molecule has 0 bridgehead atoms. The number of rotatable bonds is 5. The molecule has 0 saturated heterocycles. The third-order valence-corrected chi connectivity index (χ3v) is 4.27. The molecule has 4 aromatic rings. The molecule has 0 unspecified atom stereocenters. The fraction of sp³-hybridized carbons (Fsp3) is 0.0952. The number of methoxy groups -OCH3 is 2. The molecule has 0 aliphatic carbocycles. The maximum Gasteiger partial charge on any atom is 0.347 e. The molecule has 0 spiro atoms. The van der Waals surface area contributed by atoms with Gasteiger partial charge in [-0.25, -0.2) is 9.78 Å². The Labute approximate surface area is 164 Å². The molecule has 146 valence electrons. The van der Waals surface area contributed by atoms with Gasteiger partial charge in [0.25, 0.3) is 5.91 Å². The molecule has 2 heterocycles. The largest absolute Gasteiger partial charge is 0.493 e. The van der Waals surface area contributed by atoms with Crippen molar-refractivity contribution in [2.75, 3.05) is 19.5 Å². The predicted octanol–water partition coefficient (Wildman–Crippen LogP) is 3.72. The van der Waals surface area contributed by atoms with Crippen LogP contribution in [0.15, 0.2) is 68.4 Å². The van der Waals surface area contributed by atoms with Gasteiger partial charge in [0.2, 0.25) is 5.89 Å². The standard InChI is InChI=1S/C21H16N2O6/c1-26-17-10-14-15(11-18(17)27-2)23-20(29-21(14)25)12-5-7-13(8-6-12)22-19(24)16-4-3-9-28-16/h3-11H,1-2H3,(H,22,24). The molecule has 29 heavy (non-hydrogen) atoms. The predicted molar refractivity (Wildman–Crippen MR) is 105 cm³/mol. The smallest absolute Gasteiger partial charge is 0.347 e. The summed E-state index contributed by atoms with van der Waals surface area (Å²) in [5, 5.41) is 3.00. The highest BCUT2D eigenvalue weighted by Crippen LogP contribution is 2.31. The second kappa shape index (κ2) is 7.51. The molecule has 2 aromatic carbocycles. The summed E-state index contributed by atoms with van der Waals surface area (Å²) in [6.45, 7) is 0. The lowest BCUT2D eigenvalue weighted by atomic mass is 10.2. The van der Waals surface area contributed by atoms with Crippen molar-refractivity contribution in [2.24, 2.45) is 0 Å². The van der Waals surface area contributed by atoms with Crippen molar-refractivity contribution >= 4 is 22.5 Å². The lowest BCUT2D eigenvalue weighted by Crippen LogP contribution is -2.10. The van der Waals surface area contributed by atoms with Crippen LogP contribution in [0, 0.1) is 0 Å². The minimum Gasteiger partial charge on any atom is -0.493 e. The summed E-state index contributed by atoms with van der Waals surface area (Å²) in [6, 6.07) is 13.1. The lowest BCUT2D eigenvalue weighted by molar-refractivity contribution is 0.0996. The summed E-state index contributed by atoms with van der Waals surface area (Å²) in [7, 11) is 2.99. The Morgan fingerprint density at radius 1 is 1.03 bits per heavy atom. The Kier molecular flexibility index (Phi) is 4.74. The van der Waals surface area contributed by atoms with Crippen molar-refractivity contribution in [3.63, 3.8) is 0 Å². The van der Waals surface area contributed by atoms with Crippen LogP contribution < -0.4 is 20.4 Å².